The molecule has 1 aliphatic rings. The molecular formula is C17H17IN2O. The second-order valence-corrected chi connectivity index (χ2v) is 6.66. The van der Waals surface area contributed by atoms with Gasteiger partial charge in [-0.05, 0) is 77.4 Å². The lowest BCUT2D eigenvalue weighted by Crippen LogP contribution is -2.32. The molecule has 0 aromatic heterocycles. The number of anilines is 1. The molecule has 2 aromatic rings. The molecule has 3 rings (SSSR count). The maximum Gasteiger partial charge on any atom is 0.254 e. The van der Waals surface area contributed by atoms with Crippen molar-refractivity contribution in [2.45, 2.75) is 25.4 Å². The number of benzene rings is 2. The Balaban J connectivity index is 1.79. The van der Waals surface area contributed by atoms with Gasteiger partial charge in [0.1, 0.15) is 0 Å². The number of nitrogens with zero attached hydrogens (tertiary/aromatic N) is 1. The van der Waals surface area contributed by atoms with Gasteiger partial charge in [0.25, 0.3) is 5.91 Å². The molecular weight excluding hydrogens is 375 g/mol. The quantitative estimate of drug-likeness (QED) is 0.638. The number of amides is 1. The highest BCUT2D eigenvalue weighted by molar-refractivity contribution is 14.1. The van der Waals surface area contributed by atoms with Crippen LogP contribution in [0.3, 0.4) is 0 Å². The van der Waals surface area contributed by atoms with E-state index < -0.39 is 0 Å². The van der Waals surface area contributed by atoms with Crippen LogP contribution in [0, 0.1) is 3.57 Å². The van der Waals surface area contributed by atoms with Crippen molar-refractivity contribution in [2.75, 3.05) is 5.73 Å². The van der Waals surface area contributed by atoms with E-state index in [1.165, 1.54) is 0 Å². The maximum atomic E-state index is 12.7. The summed E-state index contributed by atoms with van der Waals surface area (Å²) in [6.45, 7) is 0.649. The summed E-state index contributed by atoms with van der Waals surface area (Å²) in [6.07, 6.45) is 2.20. The van der Waals surface area contributed by atoms with Crippen LogP contribution in [0.2, 0.25) is 0 Å². The van der Waals surface area contributed by atoms with Gasteiger partial charge in [-0.2, -0.15) is 0 Å². The van der Waals surface area contributed by atoms with Gasteiger partial charge in [-0.1, -0.05) is 12.1 Å². The Kier molecular flexibility index (Phi) is 4.14. The molecule has 3 nitrogen and oxygen atoms in total. The predicted octanol–water partition coefficient (Wildman–Crippen LogP) is 3.68. The van der Waals surface area contributed by atoms with Gasteiger partial charge in [0.15, 0.2) is 0 Å². The van der Waals surface area contributed by atoms with Gasteiger partial charge in [0.05, 0.1) is 0 Å². The number of hydrogen-bond donors (Lipinski definition) is 1. The Morgan fingerprint density at radius 1 is 1.10 bits per heavy atom. The smallest absolute Gasteiger partial charge is 0.254 e. The van der Waals surface area contributed by atoms with Gasteiger partial charge in [-0.3, -0.25) is 4.79 Å². The molecule has 2 N–H and O–H groups in total. The average molecular weight is 392 g/mol. The summed E-state index contributed by atoms with van der Waals surface area (Å²) in [4.78, 5) is 14.7. The second-order valence-electron chi connectivity index (χ2n) is 5.41. The van der Waals surface area contributed by atoms with E-state index in [1.54, 1.807) is 0 Å². The Bertz CT molecular complexity index is 633. The van der Waals surface area contributed by atoms with Crippen molar-refractivity contribution in [1.82, 2.24) is 4.90 Å². The number of nitrogen functional groups attached to an aromatic ring is 1. The SMILES string of the molecule is Nc1ccc(CN(C(=O)c2ccc(I)cc2)C2CC2)cc1. The topological polar surface area (TPSA) is 46.3 Å². The minimum absolute atomic E-state index is 0.116. The molecule has 21 heavy (non-hydrogen) atoms. The number of hydrogen-bond acceptors (Lipinski definition) is 2. The zero-order chi connectivity index (χ0) is 14.8. The number of rotatable bonds is 4. The molecule has 0 heterocycles. The second kappa shape index (κ2) is 6.05. The van der Waals surface area contributed by atoms with E-state index in [1.807, 2.05) is 53.4 Å². The largest absolute Gasteiger partial charge is 0.399 e. The molecule has 1 aliphatic carbocycles. The van der Waals surface area contributed by atoms with E-state index in [4.69, 9.17) is 5.73 Å². The van der Waals surface area contributed by atoms with Crippen LogP contribution < -0.4 is 5.73 Å². The molecule has 0 radical (unpaired) electrons. The zero-order valence-corrected chi connectivity index (χ0v) is 13.8. The van der Waals surface area contributed by atoms with E-state index in [-0.39, 0.29) is 5.91 Å². The van der Waals surface area contributed by atoms with Crippen LogP contribution in [0.15, 0.2) is 48.5 Å². The van der Waals surface area contributed by atoms with Crippen molar-refractivity contribution in [1.29, 1.82) is 0 Å². The summed E-state index contributed by atoms with van der Waals surface area (Å²) in [5.41, 5.74) is 8.35. The summed E-state index contributed by atoms with van der Waals surface area (Å²) < 4.78 is 1.14. The molecule has 0 spiro atoms. The van der Waals surface area contributed by atoms with E-state index >= 15 is 0 Å². The Hall–Kier alpha value is -1.56. The lowest BCUT2D eigenvalue weighted by Gasteiger charge is -2.23. The first-order valence-electron chi connectivity index (χ1n) is 7.04. The third kappa shape index (κ3) is 3.56. The van der Waals surface area contributed by atoms with Crippen molar-refractivity contribution < 1.29 is 4.79 Å². The molecule has 0 saturated heterocycles. The molecule has 2 aromatic carbocycles. The molecule has 1 fully saturated rings. The van der Waals surface area contributed by atoms with E-state index in [0.29, 0.717) is 12.6 Å². The summed E-state index contributed by atoms with van der Waals surface area (Å²) in [6, 6.07) is 15.9. The van der Waals surface area contributed by atoms with Crippen molar-refractivity contribution in [3.63, 3.8) is 0 Å². The molecule has 0 bridgehead atoms. The van der Waals surface area contributed by atoms with Crippen LogP contribution in [0.4, 0.5) is 5.69 Å². The van der Waals surface area contributed by atoms with Gasteiger partial charge in [-0.15, -0.1) is 0 Å². The third-order valence-electron chi connectivity index (χ3n) is 3.67. The van der Waals surface area contributed by atoms with Gasteiger partial charge >= 0.3 is 0 Å². The normalized spacial score (nSPS) is 14.0. The third-order valence-corrected chi connectivity index (χ3v) is 4.39. The lowest BCUT2D eigenvalue weighted by molar-refractivity contribution is 0.0730. The maximum absolute atomic E-state index is 12.7. The zero-order valence-electron chi connectivity index (χ0n) is 11.6. The standard InChI is InChI=1S/C17H17IN2O/c18-14-5-3-13(4-6-14)17(21)20(16-9-10-16)11-12-1-7-15(19)8-2-12/h1-8,16H,9-11,19H2. The fraction of sp³-hybridized carbons (Fsp3) is 0.235. The molecule has 1 saturated carbocycles. The van der Waals surface area contributed by atoms with E-state index in [0.717, 1.165) is 33.2 Å². The highest BCUT2D eigenvalue weighted by Gasteiger charge is 2.32. The van der Waals surface area contributed by atoms with Gasteiger partial charge < -0.3 is 10.6 Å². The van der Waals surface area contributed by atoms with Gasteiger partial charge in [0, 0.05) is 27.4 Å². The Morgan fingerprint density at radius 3 is 2.29 bits per heavy atom. The summed E-state index contributed by atoms with van der Waals surface area (Å²) in [5.74, 6) is 0.116. The molecule has 0 unspecified atom stereocenters. The number of carbonyl (C=O) groups is 1. The molecule has 108 valence electrons. The van der Waals surface area contributed by atoms with Gasteiger partial charge in [0.2, 0.25) is 0 Å². The molecule has 4 heteroatoms. The minimum Gasteiger partial charge on any atom is -0.399 e. The summed E-state index contributed by atoms with van der Waals surface area (Å²) >= 11 is 2.25. The van der Waals surface area contributed by atoms with Crippen LogP contribution in [-0.4, -0.2) is 16.8 Å². The van der Waals surface area contributed by atoms with Crippen molar-refractivity contribution in [3.05, 3.63) is 63.2 Å². The van der Waals surface area contributed by atoms with Crippen LogP contribution >= 0.6 is 22.6 Å². The van der Waals surface area contributed by atoms with Gasteiger partial charge in [-0.25, -0.2) is 0 Å². The Morgan fingerprint density at radius 2 is 1.71 bits per heavy atom. The van der Waals surface area contributed by atoms with Crippen molar-refractivity contribution >= 4 is 34.2 Å². The number of nitrogens with two attached hydrogens (primary N) is 1. The van der Waals surface area contributed by atoms with Crippen molar-refractivity contribution in [3.8, 4) is 0 Å². The fourth-order valence-corrected chi connectivity index (χ4v) is 2.69. The average Bonchev–Trinajstić information content (AvgIpc) is 3.31. The van der Waals surface area contributed by atoms with Crippen LogP contribution in [-0.2, 0) is 6.54 Å². The number of halogens is 1. The number of carbonyl (C=O) groups excluding carboxylic acids is 1. The van der Waals surface area contributed by atoms with Crippen LogP contribution in [0.5, 0.6) is 0 Å². The summed E-state index contributed by atoms with van der Waals surface area (Å²) in [5, 5.41) is 0. The van der Waals surface area contributed by atoms with Crippen LogP contribution in [0.25, 0.3) is 0 Å². The molecule has 0 aliphatic heterocycles. The first kappa shape index (κ1) is 14.4. The van der Waals surface area contributed by atoms with E-state index in [2.05, 4.69) is 22.6 Å². The predicted molar refractivity (Wildman–Crippen MR) is 92.9 cm³/mol. The first-order chi connectivity index (χ1) is 10.1. The highest BCUT2D eigenvalue weighted by atomic mass is 127. The molecule has 1 amide bonds. The Labute approximate surface area is 138 Å². The first-order valence-corrected chi connectivity index (χ1v) is 8.12. The lowest BCUT2D eigenvalue weighted by atomic mass is 10.1. The molecule has 0 atom stereocenters. The minimum atomic E-state index is 0.116. The van der Waals surface area contributed by atoms with E-state index in [9.17, 15) is 4.79 Å². The summed E-state index contributed by atoms with van der Waals surface area (Å²) in [7, 11) is 0. The fourth-order valence-electron chi connectivity index (χ4n) is 2.33. The highest BCUT2D eigenvalue weighted by Crippen LogP contribution is 2.30. The monoisotopic (exact) mass is 392 g/mol. The van der Waals surface area contributed by atoms with Crippen molar-refractivity contribution in [2.24, 2.45) is 0 Å². The van der Waals surface area contributed by atoms with Crippen LogP contribution in [0.1, 0.15) is 28.8 Å².